The monoisotopic (exact) mass is 423 g/mol. The molecule has 0 aliphatic carbocycles. The molecular weight excluding hydrogens is 388 g/mol. The fraction of sp³-hybridized carbons (Fsp3) is 0.682. The number of ether oxygens (including phenoxy) is 1. The molecule has 1 atom stereocenters. The maximum Gasteiger partial charge on any atom is 0.387 e. The molecule has 2 aliphatic rings. The number of nitrogens with one attached hydrogen (secondary N) is 2. The Morgan fingerprint density at radius 3 is 2.77 bits per heavy atom. The topological polar surface area (TPSA) is 52.1 Å². The second-order valence-corrected chi connectivity index (χ2v) is 7.94. The molecule has 0 radical (unpaired) electrons. The van der Waals surface area contributed by atoms with Crippen LogP contribution in [0.15, 0.2) is 29.3 Å². The SMILES string of the molecule is CCNC(=NCCCCN1CCCC1)NC1CCN(c2ccccc2OC(F)F)C1. The van der Waals surface area contributed by atoms with Crippen molar-refractivity contribution in [2.75, 3.05) is 50.7 Å². The predicted molar refractivity (Wildman–Crippen MR) is 118 cm³/mol. The zero-order valence-corrected chi connectivity index (χ0v) is 18.0. The molecular formula is C22H35F2N5O. The summed E-state index contributed by atoms with van der Waals surface area (Å²) >= 11 is 0. The molecule has 6 nitrogen and oxygen atoms in total. The highest BCUT2D eigenvalue weighted by Crippen LogP contribution is 2.31. The summed E-state index contributed by atoms with van der Waals surface area (Å²) in [6.45, 7) is 6.04. The highest BCUT2D eigenvalue weighted by atomic mass is 19.3. The number of guanidine groups is 1. The molecule has 0 bridgehead atoms. The van der Waals surface area contributed by atoms with Crippen LogP contribution >= 0.6 is 0 Å². The molecule has 2 N–H and O–H groups in total. The third-order valence-electron chi connectivity index (χ3n) is 5.65. The van der Waals surface area contributed by atoms with Crippen LogP contribution < -0.4 is 20.3 Å². The summed E-state index contributed by atoms with van der Waals surface area (Å²) in [4.78, 5) is 9.36. The Balaban J connectivity index is 1.47. The van der Waals surface area contributed by atoms with Gasteiger partial charge in [0.15, 0.2) is 5.96 Å². The first-order chi connectivity index (χ1) is 14.7. The number of halogens is 2. The van der Waals surface area contributed by atoms with Crippen LogP contribution in [0.3, 0.4) is 0 Å². The van der Waals surface area contributed by atoms with Crippen molar-refractivity contribution >= 4 is 11.6 Å². The number of aliphatic imine (C=N–C) groups is 1. The quantitative estimate of drug-likeness (QED) is 0.344. The number of para-hydroxylation sites is 2. The van der Waals surface area contributed by atoms with Gasteiger partial charge >= 0.3 is 6.61 Å². The van der Waals surface area contributed by atoms with Crippen molar-refractivity contribution < 1.29 is 13.5 Å². The summed E-state index contributed by atoms with van der Waals surface area (Å²) in [5, 5.41) is 6.83. The Hall–Kier alpha value is -2.09. The number of likely N-dealkylation sites (tertiary alicyclic amines) is 1. The van der Waals surface area contributed by atoms with E-state index in [9.17, 15) is 8.78 Å². The van der Waals surface area contributed by atoms with Gasteiger partial charge in [0, 0.05) is 32.2 Å². The van der Waals surface area contributed by atoms with Gasteiger partial charge in [0.2, 0.25) is 0 Å². The van der Waals surface area contributed by atoms with Crippen molar-refractivity contribution in [3.63, 3.8) is 0 Å². The Labute approximate surface area is 178 Å². The summed E-state index contributed by atoms with van der Waals surface area (Å²) in [5.41, 5.74) is 0.714. The molecule has 0 spiro atoms. The van der Waals surface area contributed by atoms with Gasteiger partial charge < -0.3 is 25.2 Å². The van der Waals surface area contributed by atoms with E-state index in [1.807, 2.05) is 12.1 Å². The maximum absolute atomic E-state index is 12.7. The lowest BCUT2D eigenvalue weighted by atomic mass is 10.2. The molecule has 0 aromatic heterocycles. The van der Waals surface area contributed by atoms with Gasteiger partial charge in [-0.05, 0) is 70.8 Å². The third-order valence-corrected chi connectivity index (χ3v) is 5.65. The van der Waals surface area contributed by atoms with Crippen LogP contribution in [0.1, 0.15) is 39.0 Å². The Morgan fingerprint density at radius 2 is 2.00 bits per heavy atom. The van der Waals surface area contributed by atoms with Crippen molar-refractivity contribution in [3.8, 4) is 5.75 Å². The highest BCUT2D eigenvalue weighted by Gasteiger charge is 2.26. The van der Waals surface area contributed by atoms with E-state index in [-0.39, 0.29) is 11.8 Å². The number of anilines is 1. The molecule has 2 aliphatic heterocycles. The number of hydrogen-bond donors (Lipinski definition) is 2. The molecule has 1 aromatic rings. The van der Waals surface area contributed by atoms with Crippen LogP contribution in [0, 0.1) is 0 Å². The van der Waals surface area contributed by atoms with Gasteiger partial charge in [0.1, 0.15) is 5.75 Å². The van der Waals surface area contributed by atoms with Crippen LogP contribution in [0.4, 0.5) is 14.5 Å². The number of hydrogen-bond acceptors (Lipinski definition) is 4. The second-order valence-electron chi connectivity index (χ2n) is 7.94. The first-order valence-corrected chi connectivity index (χ1v) is 11.2. The first kappa shape index (κ1) is 22.6. The van der Waals surface area contributed by atoms with Gasteiger partial charge in [-0.3, -0.25) is 4.99 Å². The van der Waals surface area contributed by atoms with E-state index in [0.29, 0.717) is 5.69 Å². The van der Waals surface area contributed by atoms with E-state index in [4.69, 9.17) is 9.73 Å². The molecule has 1 unspecified atom stereocenters. The van der Waals surface area contributed by atoms with Gasteiger partial charge in [0.25, 0.3) is 0 Å². The van der Waals surface area contributed by atoms with Crippen LogP contribution in [0.25, 0.3) is 0 Å². The van der Waals surface area contributed by atoms with Crippen molar-refractivity contribution in [2.45, 2.75) is 51.7 Å². The molecule has 8 heteroatoms. The molecule has 2 saturated heterocycles. The average Bonchev–Trinajstić information content (AvgIpc) is 3.40. The maximum atomic E-state index is 12.7. The minimum Gasteiger partial charge on any atom is -0.433 e. The fourth-order valence-electron chi connectivity index (χ4n) is 4.17. The summed E-state index contributed by atoms with van der Waals surface area (Å²) < 4.78 is 30.1. The zero-order valence-electron chi connectivity index (χ0n) is 18.0. The Bertz CT molecular complexity index is 667. The van der Waals surface area contributed by atoms with Gasteiger partial charge in [0.05, 0.1) is 5.69 Å². The van der Waals surface area contributed by atoms with Crippen LogP contribution in [-0.2, 0) is 0 Å². The molecule has 168 valence electrons. The van der Waals surface area contributed by atoms with E-state index in [1.165, 1.54) is 38.9 Å². The van der Waals surface area contributed by atoms with E-state index in [2.05, 4.69) is 27.4 Å². The number of benzene rings is 1. The van der Waals surface area contributed by atoms with Crippen molar-refractivity contribution in [2.24, 2.45) is 4.99 Å². The lowest BCUT2D eigenvalue weighted by molar-refractivity contribution is -0.0495. The van der Waals surface area contributed by atoms with Gasteiger partial charge in [-0.15, -0.1) is 0 Å². The molecule has 1 aromatic carbocycles. The smallest absolute Gasteiger partial charge is 0.387 e. The lowest BCUT2D eigenvalue weighted by Crippen LogP contribution is -2.44. The van der Waals surface area contributed by atoms with E-state index in [0.717, 1.165) is 45.0 Å². The molecule has 2 fully saturated rings. The Kier molecular flexibility index (Phi) is 8.99. The lowest BCUT2D eigenvalue weighted by Gasteiger charge is -2.22. The average molecular weight is 424 g/mol. The normalized spacial score (nSPS) is 20.2. The summed E-state index contributed by atoms with van der Waals surface area (Å²) in [5.74, 6) is 1.06. The number of rotatable bonds is 10. The van der Waals surface area contributed by atoms with Gasteiger partial charge in [-0.2, -0.15) is 8.78 Å². The molecule has 0 amide bonds. The zero-order chi connectivity index (χ0) is 21.2. The van der Waals surface area contributed by atoms with Crippen LogP contribution in [0.2, 0.25) is 0 Å². The molecule has 30 heavy (non-hydrogen) atoms. The summed E-state index contributed by atoms with van der Waals surface area (Å²) in [7, 11) is 0. The van der Waals surface area contributed by atoms with E-state index < -0.39 is 6.61 Å². The number of alkyl halides is 2. The minimum atomic E-state index is -2.82. The predicted octanol–water partition coefficient (Wildman–Crippen LogP) is 3.30. The van der Waals surface area contributed by atoms with Crippen molar-refractivity contribution in [1.29, 1.82) is 0 Å². The second kappa shape index (κ2) is 11.9. The first-order valence-electron chi connectivity index (χ1n) is 11.2. The molecule has 0 saturated carbocycles. The number of unbranched alkanes of at least 4 members (excludes halogenated alkanes) is 1. The largest absolute Gasteiger partial charge is 0.433 e. The van der Waals surface area contributed by atoms with Gasteiger partial charge in [-0.1, -0.05) is 12.1 Å². The minimum absolute atomic E-state index is 0.215. The van der Waals surface area contributed by atoms with Gasteiger partial charge in [-0.25, -0.2) is 0 Å². The highest BCUT2D eigenvalue weighted by molar-refractivity contribution is 5.80. The molecule has 3 rings (SSSR count). The Morgan fingerprint density at radius 1 is 1.20 bits per heavy atom. The standard InChI is InChI=1S/C22H35F2N5O/c1-2-25-22(26-12-5-6-13-28-14-7-8-15-28)27-18-11-16-29(17-18)19-9-3-4-10-20(19)30-21(23)24/h3-4,9-10,18,21H,2,5-8,11-17H2,1H3,(H2,25,26,27). The van der Waals surface area contributed by atoms with E-state index in [1.54, 1.807) is 12.1 Å². The summed E-state index contributed by atoms with van der Waals surface area (Å²) in [6, 6.07) is 7.21. The van der Waals surface area contributed by atoms with E-state index >= 15 is 0 Å². The van der Waals surface area contributed by atoms with Crippen molar-refractivity contribution in [1.82, 2.24) is 15.5 Å². The fourth-order valence-corrected chi connectivity index (χ4v) is 4.17. The number of nitrogens with zero attached hydrogens (tertiary/aromatic N) is 3. The van der Waals surface area contributed by atoms with Crippen LogP contribution in [-0.4, -0.2) is 69.3 Å². The summed E-state index contributed by atoms with van der Waals surface area (Å²) in [6.07, 6.45) is 5.86. The molecule has 2 heterocycles. The van der Waals surface area contributed by atoms with Crippen LogP contribution in [0.5, 0.6) is 5.75 Å². The van der Waals surface area contributed by atoms with Crippen molar-refractivity contribution in [3.05, 3.63) is 24.3 Å². The third kappa shape index (κ3) is 7.00.